The molecule has 1 aliphatic heterocycles. The molecule has 20 unspecified atom stereocenters. The maximum atomic E-state index is 13.5. The van der Waals surface area contributed by atoms with E-state index in [1.54, 1.807) is 0 Å². The van der Waals surface area contributed by atoms with Crippen LogP contribution in [0.3, 0.4) is 0 Å². The van der Waals surface area contributed by atoms with Gasteiger partial charge in [0.05, 0.1) is 54.6 Å². The second kappa shape index (κ2) is 61.5. The first-order valence-electron chi connectivity index (χ1n) is 51.3. The SMILES string of the molecule is C.C.C.C.C.C.C.C.C.C.CCC1CC(CC)C(C(=O)OC2(CC)CCCC2)C1C.CCC1CC(CC)C(C(=O)OC2(CC)CCCC2)C1C(=O)OC.CCC1CC(CC)C(C(=O)OC2(CC)CCCC2)C1C(=O)OC1(CC)CCCC1.CCC1CC(CC)C(C(CC(=O)OC2(CC)CCCC2)OC2CCCCO2)C1.CCC1CC(CC)C(C)(C(=O)OC2(CC)CCCC2)C1. The molecule has 12 aliphatic rings. The third-order valence-corrected chi connectivity index (χ3v) is 35.0. The summed E-state index contributed by atoms with van der Waals surface area (Å²) in [6.07, 6.45) is 53.3. The zero-order chi connectivity index (χ0) is 87.6. The van der Waals surface area contributed by atoms with Gasteiger partial charge in [-0.1, -0.05) is 256 Å². The first-order valence-corrected chi connectivity index (χ1v) is 51.3. The largest absolute Gasteiger partial charge is 0.469 e. The van der Waals surface area contributed by atoms with Gasteiger partial charge < -0.3 is 42.6 Å². The number of ether oxygens (including phenoxy) is 9. The van der Waals surface area contributed by atoms with E-state index in [1.165, 1.54) is 97.0 Å². The van der Waals surface area contributed by atoms with E-state index in [0.717, 1.165) is 244 Å². The zero-order valence-corrected chi connectivity index (χ0v) is 80.3. The number of hydrogen-bond acceptors (Lipinski definition) is 16. The van der Waals surface area contributed by atoms with E-state index in [0.29, 0.717) is 47.8 Å². The number of rotatable bonds is 33. The predicted octanol–water partition coefficient (Wildman–Crippen LogP) is 32.8. The molecule has 12 rings (SSSR count). The molecule has 12 fully saturated rings. The Labute approximate surface area is 805 Å². The van der Waals surface area contributed by atoms with Gasteiger partial charge >= 0.3 is 41.8 Å². The van der Waals surface area contributed by atoms with Crippen molar-refractivity contribution in [3.63, 3.8) is 0 Å². The summed E-state index contributed by atoms with van der Waals surface area (Å²) in [4.78, 5) is 90.9. The summed E-state index contributed by atoms with van der Waals surface area (Å²) >= 11 is 0. The summed E-state index contributed by atoms with van der Waals surface area (Å²) in [6, 6.07) is 0. The van der Waals surface area contributed by atoms with Gasteiger partial charge in [0.15, 0.2) is 6.29 Å². The summed E-state index contributed by atoms with van der Waals surface area (Å²) in [7, 11) is 1.42. The average molecular weight is 1850 g/mol. The van der Waals surface area contributed by atoms with Crippen LogP contribution in [0.15, 0.2) is 0 Å². The van der Waals surface area contributed by atoms with Crippen LogP contribution in [0.4, 0.5) is 0 Å². The van der Waals surface area contributed by atoms with E-state index in [2.05, 4.69) is 125 Å². The fraction of sp³-hybridized carbons (Fsp3) is 0.939. The van der Waals surface area contributed by atoms with Crippen LogP contribution in [0.5, 0.6) is 0 Å². The van der Waals surface area contributed by atoms with Gasteiger partial charge in [0, 0.05) is 6.61 Å². The molecule has 772 valence electrons. The van der Waals surface area contributed by atoms with Crippen molar-refractivity contribution in [2.24, 2.45) is 106 Å². The maximum absolute atomic E-state index is 13.5. The van der Waals surface area contributed by atoms with Crippen LogP contribution >= 0.6 is 0 Å². The normalized spacial score (nSPS) is 31.5. The molecule has 1 heterocycles. The number of methoxy groups -OCH3 is 1. The minimum atomic E-state index is -0.336. The molecule has 11 aliphatic carbocycles. The number of esters is 7. The molecule has 0 N–H and O–H groups in total. The third kappa shape index (κ3) is 32.4. The van der Waals surface area contributed by atoms with Crippen molar-refractivity contribution in [1.29, 1.82) is 0 Å². The van der Waals surface area contributed by atoms with Gasteiger partial charge in [-0.05, 0) is 335 Å². The summed E-state index contributed by atoms with van der Waals surface area (Å²) < 4.78 is 54.1. The van der Waals surface area contributed by atoms with Crippen molar-refractivity contribution in [2.75, 3.05) is 13.7 Å². The quantitative estimate of drug-likeness (QED) is 0.0443. The van der Waals surface area contributed by atoms with Crippen LogP contribution in [-0.4, -0.2) is 102 Å². The lowest BCUT2D eigenvalue weighted by molar-refractivity contribution is -0.207. The lowest BCUT2D eigenvalue weighted by atomic mass is 9.78. The average Bonchev–Trinajstić information content (AvgIpc) is 1.63. The highest BCUT2D eigenvalue weighted by Crippen LogP contribution is 2.55. The highest BCUT2D eigenvalue weighted by atomic mass is 16.7. The Morgan fingerprint density at radius 3 is 0.931 bits per heavy atom. The molecule has 20 atom stereocenters. The molecule has 16 nitrogen and oxygen atoms in total. The smallest absolute Gasteiger partial charge is 0.312 e. The molecule has 0 bridgehead atoms. The van der Waals surface area contributed by atoms with Gasteiger partial charge in [-0.25, -0.2) is 0 Å². The second-order valence-corrected chi connectivity index (χ2v) is 41.2. The minimum Gasteiger partial charge on any atom is -0.469 e. The first-order chi connectivity index (χ1) is 57.6. The van der Waals surface area contributed by atoms with Crippen molar-refractivity contribution in [1.82, 2.24) is 0 Å². The van der Waals surface area contributed by atoms with Crippen LogP contribution < -0.4 is 0 Å². The van der Waals surface area contributed by atoms with Gasteiger partial charge in [-0.3, -0.25) is 33.6 Å². The Bertz CT molecular complexity index is 3030. The van der Waals surface area contributed by atoms with Gasteiger partial charge in [-0.15, -0.1) is 0 Å². The van der Waals surface area contributed by atoms with Gasteiger partial charge in [0.2, 0.25) is 0 Å². The number of carbonyl (C=O) groups excluding carboxylic acids is 7. The van der Waals surface area contributed by atoms with Crippen LogP contribution in [0, 0.1) is 106 Å². The lowest BCUT2D eigenvalue weighted by Gasteiger charge is -2.35. The molecule has 11 saturated carbocycles. The Hall–Kier alpha value is -3.79. The van der Waals surface area contributed by atoms with E-state index in [4.69, 9.17) is 42.6 Å². The Kier molecular flexibility index (Phi) is 61.7. The summed E-state index contributed by atoms with van der Waals surface area (Å²) in [5, 5.41) is 0. The van der Waals surface area contributed by atoms with E-state index < -0.39 is 0 Å². The Balaban J connectivity index is -0.00000153. The van der Waals surface area contributed by atoms with E-state index in [1.807, 2.05) is 0 Å². The fourth-order valence-corrected chi connectivity index (χ4v) is 26.3. The van der Waals surface area contributed by atoms with Crippen LogP contribution in [-0.2, 0) is 76.2 Å². The van der Waals surface area contributed by atoms with Crippen LogP contribution in [0.2, 0.25) is 0 Å². The van der Waals surface area contributed by atoms with Crippen molar-refractivity contribution < 1.29 is 76.2 Å². The number of hydrogen-bond donors (Lipinski definition) is 0. The van der Waals surface area contributed by atoms with Crippen molar-refractivity contribution >= 4 is 41.8 Å². The van der Waals surface area contributed by atoms with E-state index in [9.17, 15) is 33.6 Å². The summed E-state index contributed by atoms with van der Waals surface area (Å²) in [5.41, 5.74) is -1.61. The standard InChI is InChI=1S/C25H42O4.C24H42O4.C19H32O4.2C18H32O2.10CH4/c1-5-18-17-19(6-2)21(23(27)29-25(8-4)15-11-12-16-25)20(18)22(26)28-24(7-3)13-9-10-14-24;1-4-18-15-19(5-2)20(16-18)21(27-23-11-7-10-14-26-23)17-22(25)28-24(6-3)12-8-9-13-24;1-5-13-12-14(6-2)16(15(13)17(20)22-4)18(21)23-19(7-3)10-8-9-11-19;1-5-14-12-15(6-2)17(4,13-14)16(19)20-18(7-3)10-8-9-11-18;1-5-14-12-15(6-2)16(13(14)4)17(19)20-18(7-3)10-8-9-11-18;;;;;;;;;;/h18-21H,5-17H2,1-4H3;18-21,23H,4-17H2,1-3H3;13-16H,5-12H2,1-4H3;14-15H,5-13H2,1-4H3;13-16H,5-12H2,1-4H3;10*1H4. The summed E-state index contributed by atoms with van der Waals surface area (Å²) in [5.74, 6) is 4.03. The molecule has 0 spiro atoms. The molecule has 130 heavy (non-hydrogen) atoms. The van der Waals surface area contributed by atoms with Crippen LogP contribution in [0.25, 0.3) is 0 Å². The van der Waals surface area contributed by atoms with Gasteiger partial charge in [0.25, 0.3) is 0 Å². The molecule has 0 aromatic heterocycles. The van der Waals surface area contributed by atoms with E-state index in [-0.39, 0.29) is 221 Å². The topological polar surface area (TPSA) is 203 Å². The number of carbonyl (C=O) groups is 7. The first kappa shape index (κ1) is 130. The monoisotopic (exact) mass is 1850 g/mol. The maximum Gasteiger partial charge on any atom is 0.312 e. The van der Waals surface area contributed by atoms with Crippen molar-refractivity contribution in [3.8, 4) is 0 Å². The molecule has 0 radical (unpaired) electrons. The molecular weight excluding hydrogens is 1630 g/mol. The highest BCUT2D eigenvalue weighted by molar-refractivity contribution is 5.85. The van der Waals surface area contributed by atoms with Crippen LogP contribution in [0.1, 0.15) is 526 Å². The van der Waals surface area contributed by atoms with E-state index >= 15 is 0 Å². The van der Waals surface area contributed by atoms with Gasteiger partial charge in [0.1, 0.15) is 33.6 Å². The fourth-order valence-electron chi connectivity index (χ4n) is 26.3. The minimum absolute atomic E-state index is 0. The predicted molar refractivity (Wildman–Crippen MR) is 546 cm³/mol. The second-order valence-electron chi connectivity index (χ2n) is 41.2. The Morgan fingerprint density at radius 2 is 0.631 bits per heavy atom. The van der Waals surface area contributed by atoms with Crippen molar-refractivity contribution in [3.05, 3.63) is 0 Å². The molecule has 0 aromatic rings. The third-order valence-electron chi connectivity index (χ3n) is 35.0. The molecule has 16 heteroatoms. The highest BCUT2D eigenvalue weighted by Gasteiger charge is 2.57. The summed E-state index contributed by atoms with van der Waals surface area (Å²) in [6.45, 7) is 40.0. The molecule has 0 aromatic carbocycles. The molecule has 1 saturated heterocycles. The lowest BCUT2D eigenvalue weighted by Crippen LogP contribution is -2.42. The molecule has 0 amide bonds. The zero-order valence-electron chi connectivity index (χ0n) is 80.3. The van der Waals surface area contributed by atoms with Gasteiger partial charge in [-0.2, -0.15) is 0 Å². The van der Waals surface area contributed by atoms with Crippen molar-refractivity contribution in [2.45, 2.75) is 572 Å². The Morgan fingerprint density at radius 1 is 0.323 bits per heavy atom. The molecular formula is C114H220O16.